The third-order valence-electron chi connectivity index (χ3n) is 6.05. The van der Waals surface area contributed by atoms with Gasteiger partial charge in [0.2, 0.25) is 0 Å². The molecular weight excluding hydrogens is 342 g/mol. The fraction of sp³-hybridized carbons (Fsp3) is 0.240. The summed E-state index contributed by atoms with van der Waals surface area (Å²) < 4.78 is 0. The molecule has 5 rings (SSSR count). The van der Waals surface area contributed by atoms with Crippen LogP contribution in [0.1, 0.15) is 28.3 Å². The van der Waals surface area contributed by atoms with Gasteiger partial charge in [0.1, 0.15) is 0 Å². The van der Waals surface area contributed by atoms with E-state index in [0.29, 0.717) is 18.0 Å². The predicted octanol–water partition coefficient (Wildman–Crippen LogP) is 4.19. The molecule has 3 atom stereocenters. The van der Waals surface area contributed by atoms with Gasteiger partial charge in [0.25, 0.3) is 0 Å². The second-order valence-corrected chi connectivity index (χ2v) is 7.72. The third kappa shape index (κ3) is 3.39. The minimum absolute atomic E-state index is 0.562. The number of aromatic nitrogens is 1. The smallest absolute Gasteiger partial charge is 0.0544 e. The average molecular weight is 367 g/mol. The lowest BCUT2D eigenvalue weighted by atomic mass is 9.72. The number of fused-ring (bicyclic) bond motifs is 2. The van der Waals surface area contributed by atoms with E-state index >= 15 is 0 Å². The standard InChI is InChI=1S/C25H25N3/c1-2-6-19(7-3-1)9-10-20-11-13-21(14-12-20)25-23-16-26-17-24(25)28(23)18-22-8-4-5-15-27-22/h1-15,23-26H,16-18H2/b10-9+/t23-,24+,25?. The molecule has 3 nitrogen and oxygen atoms in total. The number of likely N-dealkylation sites (tertiary alicyclic amines) is 1. The summed E-state index contributed by atoms with van der Waals surface area (Å²) in [5.41, 5.74) is 5.11. The predicted molar refractivity (Wildman–Crippen MR) is 115 cm³/mol. The largest absolute Gasteiger partial charge is 0.314 e. The number of pyridine rings is 1. The van der Waals surface area contributed by atoms with Crippen LogP contribution in [0.2, 0.25) is 0 Å². The van der Waals surface area contributed by atoms with E-state index < -0.39 is 0 Å². The number of nitrogens with one attached hydrogen (secondary N) is 1. The van der Waals surface area contributed by atoms with E-state index in [1.165, 1.54) is 22.4 Å². The summed E-state index contributed by atoms with van der Waals surface area (Å²) in [6.07, 6.45) is 6.25. The van der Waals surface area contributed by atoms with Gasteiger partial charge in [-0.05, 0) is 28.8 Å². The van der Waals surface area contributed by atoms with Crippen molar-refractivity contribution in [3.63, 3.8) is 0 Å². The van der Waals surface area contributed by atoms with Gasteiger partial charge < -0.3 is 5.32 Å². The summed E-state index contributed by atoms with van der Waals surface area (Å²) >= 11 is 0. The molecule has 0 amide bonds. The quantitative estimate of drug-likeness (QED) is 0.686. The molecule has 2 aliphatic heterocycles. The zero-order valence-corrected chi connectivity index (χ0v) is 15.9. The molecule has 3 heteroatoms. The van der Waals surface area contributed by atoms with Crippen LogP contribution < -0.4 is 5.32 Å². The van der Waals surface area contributed by atoms with E-state index in [9.17, 15) is 0 Å². The molecule has 0 saturated carbocycles. The highest BCUT2D eigenvalue weighted by Gasteiger charge is 2.50. The Morgan fingerprint density at radius 1 is 0.821 bits per heavy atom. The number of benzene rings is 2. The first-order valence-electron chi connectivity index (χ1n) is 10.1. The van der Waals surface area contributed by atoms with E-state index in [0.717, 1.165) is 19.6 Å². The molecule has 140 valence electrons. The molecule has 0 aliphatic carbocycles. The Morgan fingerprint density at radius 2 is 1.50 bits per heavy atom. The lowest BCUT2D eigenvalue weighted by Gasteiger charge is -2.59. The second-order valence-electron chi connectivity index (χ2n) is 7.72. The van der Waals surface area contributed by atoms with E-state index in [1.54, 1.807) is 0 Å². The topological polar surface area (TPSA) is 28.2 Å². The molecule has 1 unspecified atom stereocenters. The van der Waals surface area contributed by atoms with Gasteiger partial charge in [0.05, 0.1) is 5.69 Å². The summed E-state index contributed by atoms with van der Waals surface area (Å²) in [4.78, 5) is 7.13. The summed E-state index contributed by atoms with van der Waals surface area (Å²) in [5, 5.41) is 3.58. The Labute approximate surface area is 166 Å². The number of piperazine rings is 1. The van der Waals surface area contributed by atoms with Gasteiger partial charge in [-0.1, -0.05) is 72.8 Å². The lowest BCUT2D eigenvalue weighted by Crippen LogP contribution is -2.72. The van der Waals surface area contributed by atoms with E-state index in [2.05, 4.69) is 88.0 Å². The summed E-state index contributed by atoms with van der Waals surface area (Å²) in [6, 6.07) is 26.9. The number of rotatable bonds is 5. The van der Waals surface area contributed by atoms with Crippen molar-refractivity contribution in [2.75, 3.05) is 13.1 Å². The Morgan fingerprint density at radius 3 is 2.18 bits per heavy atom. The van der Waals surface area contributed by atoms with Crippen molar-refractivity contribution >= 4 is 12.2 Å². The summed E-state index contributed by atoms with van der Waals surface area (Å²) in [7, 11) is 0. The lowest BCUT2D eigenvalue weighted by molar-refractivity contribution is -0.0491. The Kier molecular flexibility index (Phi) is 4.78. The molecule has 2 saturated heterocycles. The van der Waals surface area contributed by atoms with Crippen molar-refractivity contribution in [2.45, 2.75) is 24.5 Å². The molecule has 1 aromatic heterocycles. The first kappa shape index (κ1) is 17.4. The van der Waals surface area contributed by atoms with Crippen LogP contribution in [-0.2, 0) is 6.54 Å². The maximum atomic E-state index is 4.51. The third-order valence-corrected chi connectivity index (χ3v) is 6.05. The van der Waals surface area contributed by atoms with Crippen molar-refractivity contribution in [1.29, 1.82) is 0 Å². The van der Waals surface area contributed by atoms with Crippen molar-refractivity contribution in [1.82, 2.24) is 15.2 Å². The molecule has 2 fully saturated rings. The molecular formula is C25H25N3. The van der Waals surface area contributed by atoms with Crippen molar-refractivity contribution < 1.29 is 0 Å². The van der Waals surface area contributed by atoms with Crippen LogP contribution in [0.25, 0.3) is 12.2 Å². The van der Waals surface area contributed by atoms with E-state index in [-0.39, 0.29) is 0 Å². The van der Waals surface area contributed by atoms with Gasteiger partial charge in [-0.2, -0.15) is 0 Å². The first-order valence-corrected chi connectivity index (χ1v) is 10.1. The molecule has 28 heavy (non-hydrogen) atoms. The van der Waals surface area contributed by atoms with Crippen molar-refractivity contribution in [3.05, 3.63) is 101 Å². The van der Waals surface area contributed by atoms with Gasteiger partial charge >= 0.3 is 0 Å². The van der Waals surface area contributed by atoms with Crippen LogP contribution in [0.15, 0.2) is 79.0 Å². The molecule has 0 spiro atoms. The molecule has 3 heterocycles. The highest BCUT2D eigenvalue weighted by molar-refractivity contribution is 5.69. The summed E-state index contributed by atoms with van der Waals surface area (Å²) in [5.74, 6) is 0.622. The number of hydrogen-bond acceptors (Lipinski definition) is 3. The monoisotopic (exact) mass is 367 g/mol. The summed E-state index contributed by atoms with van der Waals surface area (Å²) in [6.45, 7) is 3.07. The number of nitrogens with zero attached hydrogens (tertiary/aromatic N) is 2. The van der Waals surface area contributed by atoms with Gasteiger partial charge in [-0.25, -0.2) is 0 Å². The highest BCUT2D eigenvalue weighted by Crippen LogP contribution is 2.43. The molecule has 3 aromatic rings. The zero-order chi connectivity index (χ0) is 18.8. The molecule has 0 radical (unpaired) electrons. The van der Waals surface area contributed by atoms with Crippen molar-refractivity contribution in [2.24, 2.45) is 0 Å². The second kappa shape index (κ2) is 7.70. The van der Waals surface area contributed by atoms with Crippen molar-refractivity contribution in [3.8, 4) is 0 Å². The zero-order valence-electron chi connectivity index (χ0n) is 15.9. The molecule has 1 N–H and O–H groups in total. The SMILES string of the molecule is C(=C\c1ccc(C2[C@H]3CNC[C@@H]2N3Cc2ccccn2)cc1)/c1ccccc1. The van der Waals surface area contributed by atoms with Crippen LogP contribution in [-0.4, -0.2) is 35.1 Å². The van der Waals surface area contributed by atoms with Gasteiger partial charge in [0.15, 0.2) is 0 Å². The fourth-order valence-electron chi connectivity index (χ4n) is 4.62. The van der Waals surface area contributed by atoms with E-state index in [4.69, 9.17) is 0 Å². The average Bonchev–Trinajstić information content (AvgIpc) is 2.78. The van der Waals surface area contributed by atoms with Crippen LogP contribution in [0, 0.1) is 0 Å². The number of piperidine rings is 1. The molecule has 2 aromatic carbocycles. The molecule has 2 bridgehead atoms. The van der Waals surface area contributed by atoms with Crippen LogP contribution >= 0.6 is 0 Å². The Bertz CT molecular complexity index is 923. The van der Waals surface area contributed by atoms with Crippen LogP contribution in [0.3, 0.4) is 0 Å². The maximum absolute atomic E-state index is 4.51. The Hall–Kier alpha value is -2.75. The van der Waals surface area contributed by atoms with Gasteiger partial charge in [0, 0.05) is 43.8 Å². The van der Waals surface area contributed by atoms with Gasteiger partial charge in [-0.15, -0.1) is 0 Å². The molecule has 2 aliphatic rings. The Balaban J connectivity index is 1.28. The van der Waals surface area contributed by atoms with Gasteiger partial charge in [-0.3, -0.25) is 9.88 Å². The fourth-order valence-corrected chi connectivity index (χ4v) is 4.62. The van der Waals surface area contributed by atoms with Crippen LogP contribution in [0.5, 0.6) is 0 Å². The van der Waals surface area contributed by atoms with Crippen LogP contribution in [0.4, 0.5) is 0 Å². The maximum Gasteiger partial charge on any atom is 0.0544 e. The minimum atomic E-state index is 0.562. The minimum Gasteiger partial charge on any atom is -0.314 e. The van der Waals surface area contributed by atoms with E-state index in [1.807, 2.05) is 18.3 Å². The highest BCUT2D eigenvalue weighted by atomic mass is 15.3. The normalized spacial score (nSPS) is 24.2. The number of hydrogen-bond donors (Lipinski definition) is 1. The first-order chi connectivity index (χ1) is 13.9.